The van der Waals surface area contributed by atoms with Crippen molar-refractivity contribution in [3.63, 3.8) is 0 Å². The molecule has 170 valence electrons. The minimum absolute atomic E-state index is 0.0183. The van der Waals surface area contributed by atoms with Gasteiger partial charge >= 0.3 is 11.9 Å². The van der Waals surface area contributed by atoms with Gasteiger partial charge in [-0.2, -0.15) is 0 Å². The molecule has 0 aliphatic heterocycles. The van der Waals surface area contributed by atoms with Crippen molar-refractivity contribution >= 4 is 11.9 Å². The number of unbranched alkanes of at least 4 members (excludes halogenated alkanes) is 10. The van der Waals surface area contributed by atoms with Crippen molar-refractivity contribution in [1.82, 2.24) is 0 Å². The normalized spacial score (nSPS) is 11.2. The Balaban J connectivity index is 2.28. The van der Waals surface area contributed by atoms with E-state index in [2.05, 4.69) is 13.8 Å². The molecule has 30 heavy (non-hydrogen) atoms. The molecule has 1 rings (SSSR count). The van der Waals surface area contributed by atoms with Gasteiger partial charge in [-0.15, -0.1) is 0 Å². The third-order valence-electron chi connectivity index (χ3n) is 5.94. The number of benzene rings is 1. The van der Waals surface area contributed by atoms with Crippen molar-refractivity contribution in [2.45, 2.75) is 111 Å². The molecule has 0 fully saturated rings. The van der Waals surface area contributed by atoms with Gasteiger partial charge in [0.25, 0.3) is 0 Å². The molecular formula is C26H42O4. The average Bonchev–Trinajstić information content (AvgIpc) is 2.70. The molecule has 4 heteroatoms. The van der Waals surface area contributed by atoms with Crippen LogP contribution < -0.4 is 0 Å². The van der Waals surface area contributed by atoms with Gasteiger partial charge in [-0.1, -0.05) is 97.5 Å². The molecule has 1 aromatic carbocycles. The van der Waals surface area contributed by atoms with Crippen LogP contribution >= 0.6 is 0 Å². The number of carbonyl (C=O) groups is 2. The zero-order valence-corrected chi connectivity index (χ0v) is 19.3. The summed E-state index contributed by atoms with van der Waals surface area (Å²) >= 11 is 0. The summed E-state index contributed by atoms with van der Waals surface area (Å²) in [6, 6.07) is 3.20. The highest BCUT2D eigenvalue weighted by Gasteiger charge is 2.22. The summed E-state index contributed by atoms with van der Waals surface area (Å²) in [4.78, 5) is 23.1. The number of aryl methyl sites for hydroxylation is 1. The molecule has 0 spiro atoms. The molecule has 0 saturated heterocycles. The van der Waals surface area contributed by atoms with Gasteiger partial charge in [0.1, 0.15) is 0 Å². The van der Waals surface area contributed by atoms with Crippen LogP contribution in [0.1, 0.15) is 130 Å². The van der Waals surface area contributed by atoms with Crippen LogP contribution in [0.2, 0.25) is 0 Å². The van der Waals surface area contributed by atoms with Gasteiger partial charge in [-0.25, -0.2) is 9.59 Å². The Kier molecular flexibility index (Phi) is 13.1. The lowest BCUT2D eigenvalue weighted by Gasteiger charge is -2.14. The van der Waals surface area contributed by atoms with E-state index in [0.717, 1.165) is 30.7 Å². The zero-order valence-electron chi connectivity index (χ0n) is 19.3. The molecule has 0 saturated carbocycles. The SMILES string of the molecule is CCc1ccc(C(=O)O)c(C(=O)O)c1CCCCCCCCCCCCCC(C)C. The average molecular weight is 419 g/mol. The predicted molar refractivity (Wildman–Crippen MR) is 124 cm³/mol. The van der Waals surface area contributed by atoms with Crippen molar-refractivity contribution in [2.24, 2.45) is 5.92 Å². The van der Waals surface area contributed by atoms with Crippen molar-refractivity contribution < 1.29 is 19.8 Å². The molecule has 4 nitrogen and oxygen atoms in total. The van der Waals surface area contributed by atoms with Crippen LogP contribution in [0.4, 0.5) is 0 Å². The Morgan fingerprint density at radius 2 is 1.27 bits per heavy atom. The number of aromatic carboxylic acids is 2. The Morgan fingerprint density at radius 3 is 1.70 bits per heavy atom. The topological polar surface area (TPSA) is 74.6 Å². The number of carboxylic acids is 2. The molecule has 0 amide bonds. The summed E-state index contributed by atoms with van der Waals surface area (Å²) in [6.45, 7) is 6.57. The van der Waals surface area contributed by atoms with E-state index >= 15 is 0 Å². The zero-order chi connectivity index (χ0) is 22.4. The first-order valence-corrected chi connectivity index (χ1v) is 12.0. The molecular weight excluding hydrogens is 376 g/mol. The van der Waals surface area contributed by atoms with Crippen LogP contribution in [-0.4, -0.2) is 22.2 Å². The van der Waals surface area contributed by atoms with Gasteiger partial charge in [0, 0.05) is 0 Å². The highest BCUT2D eigenvalue weighted by molar-refractivity contribution is 6.03. The quantitative estimate of drug-likeness (QED) is 0.256. The largest absolute Gasteiger partial charge is 0.478 e. The van der Waals surface area contributed by atoms with E-state index in [0.29, 0.717) is 18.4 Å². The molecule has 0 bridgehead atoms. The lowest BCUT2D eigenvalue weighted by atomic mass is 9.90. The lowest BCUT2D eigenvalue weighted by Crippen LogP contribution is -2.13. The van der Waals surface area contributed by atoms with Gasteiger partial charge in [0.15, 0.2) is 0 Å². The minimum Gasteiger partial charge on any atom is -0.478 e. The van der Waals surface area contributed by atoms with Gasteiger partial charge < -0.3 is 10.2 Å². The van der Waals surface area contributed by atoms with Gasteiger partial charge in [0.2, 0.25) is 0 Å². The summed E-state index contributed by atoms with van der Waals surface area (Å²) in [5.74, 6) is -1.48. The number of carboxylic acid groups (broad SMARTS) is 2. The smallest absolute Gasteiger partial charge is 0.336 e. The predicted octanol–water partition coefficient (Wildman–Crippen LogP) is 7.53. The second kappa shape index (κ2) is 15.0. The van der Waals surface area contributed by atoms with E-state index in [-0.39, 0.29) is 11.1 Å². The lowest BCUT2D eigenvalue weighted by molar-refractivity contribution is 0.0650. The molecule has 0 aliphatic carbocycles. The molecule has 0 aliphatic rings. The van der Waals surface area contributed by atoms with E-state index in [1.54, 1.807) is 6.07 Å². The second-order valence-corrected chi connectivity index (χ2v) is 8.91. The van der Waals surface area contributed by atoms with Crippen LogP contribution in [0.3, 0.4) is 0 Å². The maximum absolute atomic E-state index is 11.7. The summed E-state index contributed by atoms with van der Waals surface area (Å²) in [6.07, 6.45) is 16.5. The van der Waals surface area contributed by atoms with Crippen molar-refractivity contribution in [1.29, 1.82) is 0 Å². The molecule has 0 heterocycles. The highest BCUT2D eigenvalue weighted by atomic mass is 16.4. The molecule has 0 aromatic heterocycles. The van der Waals surface area contributed by atoms with E-state index < -0.39 is 11.9 Å². The summed E-state index contributed by atoms with van der Waals surface area (Å²) < 4.78 is 0. The maximum Gasteiger partial charge on any atom is 0.336 e. The summed E-state index contributed by atoms with van der Waals surface area (Å²) in [5.41, 5.74) is 1.54. The third-order valence-corrected chi connectivity index (χ3v) is 5.94. The second-order valence-electron chi connectivity index (χ2n) is 8.91. The first-order chi connectivity index (χ1) is 14.4. The molecule has 0 radical (unpaired) electrons. The minimum atomic E-state index is -1.17. The van der Waals surface area contributed by atoms with Crippen LogP contribution in [0.5, 0.6) is 0 Å². The summed E-state index contributed by atoms with van der Waals surface area (Å²) in [7, 11) is 0. The number of hydrogen-bond acceptors (Lipinski definition) is 2. The molecule has 2 N–H and O–H groups in total. The Morgan fingerprint density at radius 1 is 0.767 bits per heavy atom. The van der Waals surface area contributed by atoms with E-state index in [1.807, 2.05) is 6.92 Å². The van der Waals surface area contributed by atoms with E-state index in [9.17, 15) is 19.8 Å². The standard InChI is InChI=1S/C26H42O4/c1-4-21-18-19-23(25(27)28)24(26(29)30)22(21)17-15-13-11-9-7-5-6-8-10-12-14-16-20(2)3/h18-20H,4-17H2,1-3H3,(H,27,28)(H,29,30). The maximum atomic E-state index is 11.7. The van der Waals surface area contributed by atoms with Crippen LogP contribution in [0.25, 0.3) is 0 Å². The van der Waals surface area contributed by atoms with E-state index in [1.165, 1.54) is 63.9 Å². The first kappa shape index (κ1) is 26.2. The highest BCUT2D eigenvalue weighted by Crippen LogP contribution is 2.23. The Labute approximate surface area is 183 Å². The monoisotopic (exact) mass is 418 g/mol. The van der Waals surface area contributed by atoms with Crippen molar-refractivity contribution in [2.75, 3.05) is 0 Å². The Hall–Kier alpha value is -1.84. The number of hydrogen-bond donors (Lipinski definition) is 2. The van der Waals surface area contributed by atoms with Crippen molar-refractivity contribution in [3.8, 4) is 0 Å². The van der Waals surface area contributed by atoms with E-state index in [4.69, 9.17) is 0 Å². The van der Waals surface area contributed by atoms with Crippen molar-refractivity contribution in [3.05, 3.63) is 34.4 Å². The number of rotatable bonds is 17. The fraction of sp³-hybridized carbons (Fsp3) is 0.692. The van der Waals surface area contributed by atoms with Gasteiger partial charge in [0.05, 0.1) is 11.1 Å². The molecule has 1 aromatic rings. The third kappa shape index (κ3) is 9.77. The Bertz CT molecular complexity index is 649. The van der Waals surface area contributed by atoms with Gasteiger partial charge in [-0.05, 0) is 42.4 Å². The molecule has 0 unspecified atom stereocenters. The molecule has 0 atom stereocenters. The van der Waals surface area contributed by atoms with Gasteiger partial charge in [-0.3, -0.25) is 0 Å². The fourth-order valence-electron chi connectivity index (χ4n) is 4.18. The fourth-order valence-corrected chi connectivity index (χ4v) is 4.18. The van der Waals surface area contributed by atoms with Crippen LogP contribution in [0.15, 0.2) is 12.1 Å². The van der Waals surface area contributed by atoms with Crippen LogP contribution in [-0.2, 0) is 12.8 Å². The van der Waals surface area contributed by atoms with Crippen LogP contribution in [0, 0.1) is 5.92 Å². The first-order valence-electron chi connectivity index (χ1n) is 12.0. The summed E-state index contributed by atoms with van der Waals surface area (Å²) in [5, 5.41) is 18.9.